The van der Waals surface area contributed by atoms with Crippen molar-refractivity contribution in [2.75, 3.05) is 46.8 Å². The van der Waals surface area contributed by atoms with Crippen molar-refractivity contribution in [1.29, 1.82) is 0 Å². The lowest BCUT2D eigenvalue weighted by molar-refractivity contribution is 0.205. The number of nitrogens with one attached hydrogen (secondary N) is 1. The number of nitrogens with zero attached hydrogens (tertiary/aromatic N) is 2. The summed E-state index contributed by atoms with van der Waals surface area (Å²) in [6, 6.07) is 0.686. The van der Waals surface area contributed by atoms with Gasteiger partial charge >= 0.3 is 0 Å². The molecule has 1 rings (SSSR count). The van der Waals surface area contributed by atoms with Crippen molar-refractivity contribution in [3.63, 3.8) is 0 Å². The van der Waals surface area contributed by atoms with E-state index in [0.717, 1.165) is 6.54 Å². The molecule has 0 saturated carbocycles. The Morgan fingerprint density at radius 2 is 2.00 bits per heavy atom. The fourth-order valence-electron chi connectivity index (χ4n) is 2.20. The molecule has 1 fully saturated rings. The van der Waals surface area contributed by atoms with Crippen molar-refractivity contribution in [2.45, 2.75) is 39.7 Å². The highest BCUT2D eigenvalue weighted by Crippen LogP contribution is 2.18. The van der Waals surface area contributed by atoms with Gasteiger partial charge in [-0.2, -0.15) is 0 Å². The summed E-state index contributed by atoms with van der Waals surface area (Å²) in [6.45, 7) is 12.9. The summed E-state index contributed by atoms with van der Waals surface area (Å²) in [5, 5.41) is 3.61. The standard InChI is InChI=1S/C14H31N3/c1-14(2,3)7-10-16(4)9-6-13-12-17(5)11-8-15-13/h13,15H,6-12H2,1-5H3. The first-order valence-electron chi connectivity index (χ1n) is 6.97. The van der Waals surface area contributed by atoms with E-state index in [0.29, 0.717) is 11.5 Å². The molecule has 102 valence electrons. The Labute approximate surface area is 108 Å². The Morgan fingerprint density at radius 3 is 2.59 bits per heavy atom. The molecular weight excluding hydrogens is 210 g/mol. The lowest BCUT2D eigenvalue weighted by Gasteiger charge is -2.32. The van der Waals surface area contributed by atoms with Gasteiger partial charge in [0.25, 0.3) is 0 Å². The van der Waals surface area contributed by atoms with Gasteiger partial charge in [-0.3, -0.25) is 0 Å². The van der Waals surface area contributed by atoms with Crippen LogP contribution in [0, 0.1) is 5.41 Å². The normalized spacial score (nSPS) is 23.3. The SMILES string of the molecule is CN(CCC1CN(C)CCN1)CCC(C)(C)C. The molecule has 1 saturated heterocycles. The molecule has 1 unspecified atom stereocenters. The predicted molar refractivity (Wildman–Crippen MR) is 75.5 cm³/mol. The van der Waals surface area contributed by atoms with Gasteiger partial charge in [0.2, 0.25) is 0 Å². The molecule has 1 aliphatic rings. The van der Waals surface area contributed by atoms with Crippen molar-refractivity contribution in [3.8, 4) is 0 Å². The largest absolute Gasteiger partial charge is 0.311 e. The zero-order valence-electron chi connectivity index (χ0n) is 12.4. The molecule has 0 radical (unpaired) electrons. The third-order valence-electron chi connectivity index (χ3n) is 3.56. The van der Waals surface area contributed by atoms with Crippen molar-refractivity contribution < 1.29 is 0 Å². The Bertz CT molecular complexity index is 210. The first-order valence-corrected chi connectivity index (χ1v) is 6.97. The van der Waals surface area contributed by atoms with Crippen molar-refractivity contribution >= 4 is 0 Å². The number of hydrogen-bond donors (Lipinski definition) is 1. The smallest absolute Gasteiger partial charge is 0.0207 e. The second-order valence-electron chi connectivity index (χ2n) is 6.82. The van der Waals surface area contributed by atoms with E-state index in [2.05, 4.69) is 50.0 Å². The molecule has 0 aromatic heterocycles. The van der Waals surface area contributed by atoms with Crippen LogP contribution in [0.5, 0.6) is 0 Å². The van der Waals surface area contributed by atoms with Crippen molar-refractivity contribution in [2.24, 2.45) is 5.41 Å². The quantitative estimate of drug-likeness (QED) is 0.789. The number of hydrogen-bond acceptors (Lipinski definition) is 3. The second kappa shape index (κ2) is 6.72. The Morgan fingerprint density at radius 1 is 1.29 bits per heavy atom. The molecule has 0 aromatic carbocycles. The number of piperazine rings is 1. The molecule has 3 nitrogen and oxygen atoms in total. The Kier molecular flexibility index (Phi) is 5.90. The van der Waals surface area contributed by atoms with E-state index in [4.69, 9.17) is 0 Å². The molecule has 1 heterocycles. The molecule has 0 aromatic rings. The third-order valence-corrected chi connectivity index (χ3v) is 3.56. The van der Waals surface area contributed by atoms with E-state index in [9.17, 15) is 0 Å². The van der Waals surface area contributed by atoms with E-state index in [1.807, 2.05) is 0 Å². The summed E-state index contributed by atoms with van der Waals surface area (Å²) in [4.78, 5) is 4.90. The summed E-state index contributed by atoms with van der Waals surface area (Å²) < 4.78 is 0. The van der Waals surface area contributed by atoms with Crippen LogP contribution in [0.1, 0.15) is 33.6 Å². The van der Waals surface area contributed by atoms with E-state index in [1.54, 1.807) is 0 Å². The van der Waals surface area contributed by atoms with Gasteiger partial charge < -0.3 is 15.1 Å². The summed E-state index contributed by atoms with van der Waals surface area (Å²) in [5.74, 6) is 0. The van der Waals surface area contributed by atoms with Crippen molar-refractivity contribution in [3.05, 3.63) is 0 Å². The average Bonchev–Trinajstić information content (AvgIpc) is 2.23. The minimum absolute atomic E-state index is 0.456. The molecule has 0 bridgehead atoms. The predicted octanol–water partition coefficient (Wildman–Crippen LogP) is 1.65. The highest BCUT2D eigenvalue weighted by molar-refractivity contribution is 4.77. The molecule has 0 spiro atoms. The van der Waals surface area contributed by atoms with Crippen LogP contribution >= 0.6 is 0 Å². The fraction of sp³-hybridized carbons (Fsp3) is 1.00. The second-order valence-corrected chi connectivity index (χ2v) is 6.82. The minimum Gasteiger partial charge on any atom is -0.311 e. The van der Waals surface area contributed by atoms with Gasteiger partial charge in [0.1, 0.15) is 0 Å². The highest BCUT2D eigenvalue weighted by Gasteiger charge is 2.17. The van der Waals surface area contributed by atoms with Crippen LogP contribution in [-0.2, 0) is 0 Å². The van der Waals surface area contributed by atoms with E-state index in [1.165, 1.54) is 39.0 Å². The van der Waals surface area contributed by atoms with Gasteiger partial charge in [0.05, 0.1) is 0 Å². The Hall–Kier alpha value is -0.120. The first-order chi connectivity index (χ1) is 7.87. The van der Waals surface area contributed by atoms with Gasteiger partial charge in [-0.15, -0.1) is 0 Å². The van der Waals surface area contributed by atoms with Gasteiger partial charge in [-0.25, -0.2) is 0 Å². The minimum atomic E-state index is 0.456. The van der Waals surface area contributed by atoms with Gasteiger partial charge in [0, 0.05) is 25.7 Å². The van der Waals surface area contributed by atoms with Crippen LogP contribution < -0.4 is 5.32 Å². The summed E-state index contributed by atoms with van der Waals surface area (Å²) >= 11 is 0. The maximum atomic E-state index is 3.61. The van der Waals surface area contributed by atoms with Gasteiger partial charge in [-0.1, -0.05) is 20.8 Å². The maximum absolute atomic E-state index is 3.61. The maximum Gasteiger partial charge on any atom is 0.0207 e. The van der Waals surface area contributed by atoms with Crippen LogP contribution in [0.3, 0.4) is 0 Å². The third kappa shape index (κ3) is 7.02. The fourth-order valence-corrected chi connectivity index (χ4v) is 2.20. The van der Waals surface area contributed by atoms with Gasteiger partial charge in [-0.05, 0) is 45.4 Å². The summed E-state index contributed by atoms with van der Waals surface area (Å²) in [7, 11) is 4.47. The summed E-state index contributed by atoms with van der Waals surface area (Å²) in [5.41, 5.74) is 0.456. The molecular formula is C14H31N3. The topological polar surface area (TPSA) is 18.5 Å². The molecule has 17 heavy (non-hydrogen) atoms. The van der Waals surface area contributed by atoms with E-state index < -0.39 is 0 Å². The van der Waals surface area contributed by atoms with E-state index >= 15 is 0 Å². The molecule has 1 atom stereocenters. The first kappa shape index (κ1) is 14.9. The molecule has 1 N–H and O–H groups in total. The number of rotatable bonds is 5. The van der Waals surface area contributed by atoms with Crippen molar-refractivity contribution in [1.82, 2.24) is 15.1 Å². The molecule has 3 heteroatoms. The Balaban J connectivity index is 2.12. The van der Waals surface area contributed by atoms with Gasteiger partial charge in [0.15, 0.2) is 0 Å². The highest BCUT2D eigenvalue weighted by atomic mass is 15.2. The lowest BCUT2D eigenvalue weighted by Crippen LogP contribution is -2.49. The summed E-state index contributed by atoms with van der Waals surface area (Å²) in [6.07, 6.45) is 2.55. The van der Waals surface area contributed by atoms with Crippen LogP contribution in [0.25, 0.3) is 0 Å². The molecule has 0 aliphatic carbocycles. The zero-order valence-corrected chi connectivity index (χ0v) is 12.4. The lowest BCUT2D eigenvalue weighted by atomic mass is 9.92. The van der Waals surface area contributed by atoms with Crippen LogP contribution in [-0.4, -0.2) is 62.7 Å². The monoisotopic (exact) mass is 241 g/mol. The zero-order chi connectivity index (χ0) is 12.9. The average molecular weight is 241 g/mol. The molecule has 0 amide bonds. The number of likely N-dealkylation sites (N-methyl/N-ethyl adjacent to an activating group) is 1. The van der Waals surface area contributed by atoms with Crippen LogP contribution in [0.4, 0.5) is 0 Å². The van der Waals surface area contributed by atoms with Crippen LogP contribution in [0.15, 0.2) is 0 Å². The molecule has 1 aliphatic heterocycles. The van der Waals surface area contributed by atoms with Crippen LogP contribution in [0.2, 0.25) is 0 Å². The van der Waals surface area contributed by atoms with E-state index in [-0.39, 0.29) is 0 Å².